The van der Waals surface area contributed by atoms with Crippen molar-refractivity contribution in [1.82, 2.24) is 9.78 Å². The van der Waals surface area contributed by atoms with Crippen molar-refractivity contribution >= 4 is 11.6 Å². The molecule has 1 aromatic heterocycles. The number of ether oxygens (including phenoxy) is 1. The zero-order valence-electron chi connectivity index (χ0n) is 18.1. The molecule has 32 heavy (non-hydrogen) atoms. The van der Waals surface area contributed by atoms with Crippen LogP contribution in [0.1, 0.15) is 22.8 Å². The largest absolute Gasteiger partial charge is 0.496 e. The molecule has 0 aliphatic rings. The van der Waals surface area contributed by atoms with Gasteiger partial charge in [-0.15, -0.1) is 5.10 Å². The van der Waals surface area contributed by atoms with Crippen LogP contribution in [-0.2, 0) is 13.5 Å². The van der Waals surface area contributed by atoms with Crippen LogP contribution >= 0.6 is 0 Å². The van der Waals surface area contributed by atoms with Gasteiger partial charge >= 0.3 is 5.76 Å². The number of rotatable bonds is 6. The number of nitrogens with zero attached hydrogens (tertiary/aromatic N) is 2. The van der Waals surface area contributed by atoms with E-state index in [2.05, 4.69) is 17.3 Å². The number of carbonyl (C=O) groups excluding carboxylic acids is 1. The first-order valence-corrected chi connectivity index (χ1v) is 10.2. The maximum absolute atomic E-state index is 12.5. The monoisotopic (exact) mass is 429 g/mol. The van der Waals surface area contributed by atoms with Crippen LogP contribution in [0.15, 0.2) is 75.9 Å². The van der Waals surface area contributed by atoms with E-state index < -0.39 is 5.76 Å². The standard InChI is InChI=1S/C25H23N3O4/c1-4-16-5-7-18(8-6-16)23(29)26-20-12-9-17(10-13-20)21-15-19(11-14-22(21)31-3)24-27-28(2)25(30)32-24/h5-15H,4H2,1-3H3,(H,26,29). The van der Waals surface area contributed by atoms with E-state index in [-0.39, 0.29) is 11.8 Å². The molecule has 0 spiro atoms. The number of anilines is 1. The van der Waals surface area contributed by atoms with Crippen molar-refractivity contribution in [2.45, 2.75) is 13.3 Å². The minimum Gasteiger partial charge on any atom is -0.496 e. The summed E-state index contributed by atoms with van der Waals surface area (Å²) in [5, 5.41) is 7.02. The van der Waals surface area contributed by atoms with Gasteiger partial charge in [-0.3, -0.25) is 4.79 Å². The lowest BCUT2D eigenvalue weighted by Crippen LogP contribution is -2.11. The number of carbonyl (C=O) groups is 1. The number of nitrogens with one attached hydrogen (secondary N) is 1. The van der Waals surface area contributed by atoms with Gasteiger partial charge in [0.1, 0.15) is 5.75 Å². The van der Waals surface area contributed by atoms with Gasteiger partial charge in [0, 0.05) is 29.4 Å². The molecule has 0 radical (unpaired) electrons. The molecule has 0 saturated heterocycles. The minimum absolute atomic E-state index is 0.162. The highest BCUT2D eigenvalue weighted by molar-refractivity contribution is 6.04. The zero-order valence-corrected chi connectivity index (χ0v) is 18.1. The van der Waals surface area contributed by atoms with Gasteiger partial charge in [-0.25, -0.2) is 4.79 Å². The van der Waals surface area contributed by atoms with Crippen LogP contribution in [0.3, 0.4) is 0 Å². The Morgan fingerprint density at radius 2 is 1.72 bits per heavy atom. The third-order valence-corrected chi connectivity index (χ3v) is 5.21. The van der Waals surface area contributed by atoms with Gasteiger partial charge in [0.25, 0.3) is 5.91 Å². The molecule has 0 unspecified atom stereocenters. The summed E-state index contributed by atoms with van der Waals surface area (Å²) in [6, 6.07) is 20.5. The summed E-state index contributed by atoms with van der Waals surface area (Å²) in [5.74, 6) is 0.214. The Kier molecular flexibility index (Phi) is 5.89. The first-order valence-electron chi connectivity index (χ1n) is 10.2. The van der Waals surface area contributed by atoms with Crippen LogP contribution in [0, 0.1) is 0 Å². The second-order valence-electron chi connectivity index (χ2n) is 7.29. The smallest absolute Gasteiger partial charge is 0.437 e. The van der Waals surface area contributed by atoms with Gasteiger partial charge in [0.05, 0.1) is 7.11 Å². The van der Waals surface area contributed by atoms with Crippen LogP contribution in [0.2, 0.25) is 0 Å². The van der Waals surface area contributed by atoms with Crippen LogP contribution in [0.5, 0.6) is 5.75 Å². The molecule has 3 aromatic carbocycles. The number of amides is 1. The second-order valence-corrected chi connectivity index (χ2v) is 7.29. The number of hydrogen-bond acceptors (Lipinski definition) is 5. The van der Waals surface area contributed by atoms with Gasteiger partial charge in [-0.05, 0) is 60.0 Å². The number of methoxy groups -OCH3 is 1. The lowest BCUT2D eigenvalue weighted by molar-refractivity contribution is 0.102. The van der Waals surface area contributed by atoms with Crippen molar-refractivity contribution < 1.29 is 13.9 Å². The Morgan fingerprint density at radius 3 is 2.31 bits per heavy atom. The van der Waals surface area contributed by atoms with Crippen LogP contribution in [0.4, 0.5) is 5.69 Å². The SMILES string of the molecule is CCc1ccc(C(=O)Nc2ccc(-c3cc(-c4nn(C)c(=O)o4)ccc3OC)cc2)cc1. The summed E-state index contributed by atoms with van der Waals surface area (Å²) in [6.07, 6.45) is 0.931. The van der Waals surface area contributed by atoms with Crippen LogP contribution in [-0.4, -0.2) is 22.8 Å². The Morgan fingerprint density at radius 1 is 1.03 bits per heavy atom. The molecule has 0 aliphatic carbocycles. The minimum atomic E-state index is -0.526. The van der Waals surface area contributed by atoms with E-state index in [0.717, 1.165) is 22.2 Å². The van der Waals surface area contributed by atoms with Crippen LogP contribution < -0.4 is 15.8 Å². The molecule has 0 fully saturated rings. The number of aryl methyl sites for hydroxylation is 2. The van der Waals surface area contributed by atoms with Gasteiger partial charge in [0.2, 0.25) is 5.89 Å². The summed E-state index contributed by atoms with van der Waals surface area (Å²) in [4.78, 5) is 24.1. The number of aromatic nitrogens is 2. The maximum atomic E-state index is 12.5. The number of benzene rings is 3. The molecule has 0 bridgehead atoms. The molecule has 4 aromatic rings. The van der Waals surface area contributed by atoms with E-state index in [9.17, 15) is 9.59 Å². The highest BCUT2D eigenvalue weighted by Crippen LogP contribution is 2.34. The van der Waals surface area contributed by atoms with E-state index in [0.29, 0.717) is 22.6 Å². The summed E-state index contributed by atoms with van der Waals surface area (Å²) in [5.41, 5.74) is 4.83. The molecule has 1 amide bonds. The van der Waals surface area contributed by atoms with E-state index in [1.165, 1.54) is 12.6 Å². The highest BCUT2D eigenvalue weighted by atomic mass is 16.5. The summed E-state index contributed by atoms with van der Waals surface area (Å²) in [7, 11) is 3.13. The first-order chi connectivity index (χ1) is 15.5. The van der Waals surface area contributed by atoms with Gasteiger partial charge < -0.3 is 14.5 Å². The topological polar surface area (TPSA) is 86.4 Å². The fourth-order valence-electron chi connectivity index (χ4n) is 3.36. The highest BCUT2D eigenvalue weighted by Gasteiger charge is 2.13. The Balaban J connectivity index is 1.58. The average Bonchev–Trinajstić information content (AvgIpc) is 3.17. The Labute approximate surface area is 185 Å². The van der Waals surface area contributed by atoms with E-state index >= 15 is 0 Å². The number of hydrogen-bond donors (Lipinski definition) is 1. The molecule has 1 heterocycles. The van der Waals surface area contributed by atoms with Crippen LogP contribution in [0.25, 0.3) is 22.6 Å². The second kappa shape index (κ2) is 8.93. The molecular formula is C25H23N3O4. The van der Waals surface area contributed by atoms with E-state index in [4.69, 9.17) is 9.15 Å². The molecular weight excluding hydrogens is 406 g/mol. The van der Waals surface area contributed by atoms with Gasteiger partial charge in [0.15, 0.2) is 0 Å². The lowest BCUT2D eigenvalue weighted by Gasteiger charge is -2.11. The van der Waals surface area contributed by atoms with Crippen molar-refractivity contribution in [1.29, 1.82) is 0 Å². The molecule has 7 nitrogen and oxygen atoms in total. The Bertz CT molecular complexity index is 1300. The fourth-order valence-corrected chi connectivity index (χ4v) is 3.36. The summed E-state index contributed by atoms with van der Waals surface area (Å²) < 4.78 is 11.8. The van der Waals surface area contributed by atoms with Crippen molar-refractivity contribution in [3.05, 3.63) is 88.4 Å². The normalized spacial score (nSPS) is 10.7. The van der Waals surface area contributed by atoms with Crippen molar-refractivity contribution in [3.63, 3.8) is 0 Å². The molecule has 0 saturated carbocycles. The van der Waals surface area contributed by atoms with Crippen molar-refractivity contribution in [2.75, 3.05) is 12.4 Å². The van der Waals surface area contributed by atoms with E-state index in [1.54, 1.807) is 19.2 Å². The van der Waals surface area contributed by atoms with Crippen molar-refractivity contribution in [2.24, 2.45) is 7.05 Å². The molecule has 0 atom stereocenters. The quantitative estimate of drug-likeness (QED) is 0.487. The predicted molar refractivity (Wildman–Crippen MR) is 123 cm³/mol. The van der Waals surface area contributed by atoms with Crippen molar-refractivity contribution in [3.8, 4) is 28.3 Å². The van der Waals surface area contributed by atoms with Gasteiger partial charge in [-0.1, -0.05) is 31.2 Å². The molecule has 0 aliphatic heterocycles. The maximum Gasteiger partial charge on any atom is 0.437 e. The summed E-state index contributed by atoms with van der Waals surface area (Å²) in [6.45, 7) is 2.08. The lowest BCUT2D eigenvalue weighted by atomic mass is 10.0. The third kappa shape index (κ3) is 4.32. The average molecular weight is 429 g/mol. The molecule has 7 heteroatoms. The zero-order chi connectivity index (χ0) is 22.7. The van der Waals surface area contributed by atoms with Gasteiger partial charge in [-0.2, -0.15) is 4.68 Å². The van der Waals surface area contributed by atoms with E-state index in [1.807, 2.05) is 54.6 Å². The third-order valence-electron chi connectivity index (χ3n) is 5.21. The fraction of sp³-hybridized carbons (Fsp3) is 0.160. The first kappa shape index (κ1) is 21.1. The molecule has 4 rings (SSSR count). The predicted octanol–water partition coefficient (Wildman–Crippen LogP) is 4.53. The summed E-state index contributed by atoms with van der Waals surface area (Å²) >= 11 is 0. The Hall–Kier alpha value is -4.13. The molecule has 162 valence electrons. The molecule has 1 N–H and O–H groups in total.